The number of unbranched alkanes of at least 4 members (excludes halogenated alkanes) is 3. The van der Waals surface area contributed by atoms with Crippen LogP contribution in [0.1, 0.15) is 59.8 Å². The van der Waals surface area contributed by atoms with Gasteiger partial charge in [-0.1, -0.05) is 55.5 Å². The van der Waals surface area contributed by atoms with E-state index in [4.69, 9.17) is 0 Å². The summed E-state index contributed by atoms with van der Waals surface area (Å²) in [5.41, 5.74) is 0. The average Bonchev–Trinajstić information content (AvgIpc) is 2.14. The normalized spacial score (nSPS) is 11.9. The number of halogens is 1. The number of hydrogen-bond acceptors (Lipinski definition) is 1. The molecule has 2 nitrogen and oxygen atoms in total. The molecule has 0 bridgehead atoms. The number of hydrogen-bond donors (Lipinski definition) is 1. The lowest BCUT2D eigenvalue weighted by Gasteiger charge is -2.15. The van der Waals surface area contributed by atoms with Gasteiger partial charge < -0.3 is 5.32 Å². The molecule has 0 atom stereocenters. The minimum absolute atomic E-state index is 0.0784. The van der Waals surface area contributed by atoms with Crippen LogP contribution < -0.4 is 5.32 Å². The van der Waals surface area contributed by atoms with Crippen molar-refractivity contribution in [1.82, 2.24) is 5.32 Å². The van der Waals surface area contributed by atoms with Gasteiger partial charge in [0.15, 0.2) is 0 Å². The molecule has 0 aliphatic carbocycles. The fraction of sp³-hybridized carbons (Fsp3) is 0.923. The van der Waals surface area contributed by atoms with Crippen molar-refractivity contribution < 1.29 is 4.79 Å². The van der Waals surface area contributed by atoms with Crippen LogP contribution in [0.15, 0.2) is 0 Å². The molecule has 0 radical (unpaired) electrons. The third kappa shape index (κ3) is 9.20. The van der Waals surface area contributed by atoms with Crippen molar-refractivity contribution >= 4 is 21.8 Å². The van der Waals surface area contributed by atoms with Gasteiger partial charge in [-0.15, -0.1) is 0 Å². The maximum Gasteiger partial charge on any atom is 0.236 e. The lowest BCUT2D eigenvalue weighted by atomic mass is 10.0. The molecule has 0 spiro atoms. The van der Waals surface area contributed by atoms with Crippen molar-refractivity contribution in [3.63, 3.8) is 0 Å². The zero-order valence-electron chi connectivity index (χ0n) is 11.1. The van der Waals surface area contributed by atoms with Crippen LogP contribution in [-0.2, 0) is 4.79 Å². The summed E-state index contributed by atoms with van der Waals surface area (Å²) in [4.78, 5) is 11.5. The molecule has 0 aromatic heterocycles. The molecule has 0 aliphatic heterocycles. The van der Waals surface area contributed by atoms with Gasteiger partial charge in [-0.05, 0) is 26.2 Å². The Morgan fingerprint density at radius 2 is 1.75 bits per heavy atom. The first-order valence-electron chi connectivity index (χ1n) is 6.31. The molecule has 0 unspecified atom stereocenters. The number of carbonyl (C=O) groups excluding carboxylic acids is 1. The Morgan fingerprint density at radius 1 is 1.19 bits per heavy atom. The minimum Gasteiger partial charge on any atom is -0.355 e. The van der Waals surface area contributed by atoms with Gasteiger partial charge in [0.1, 0.15) is 0 Å². The Bertz CT molecular complexity index is 197. The van der Waals surface area contributed by atoms with Gasteiger partial charge in [-0.2, -0.15) is 0 Å². The van der Waals surface area contributed by atoms with Crippen LogP contribution in [0.3, 0.4) is 0 Å². The van der Waals surface area contributed by atoms with Crippen LogP contribution in [0.25, 0.3) is 0 Å². The van der Waals surface area contributed by atoms with E-state index in [1.165, 1.54) is 25.7 Å². The highest BCUT2D eigenvalue weighted by atomic mass is 79.9. The number of rotatable bonds is 8. The number of alkyl halides is 1. The van der Waals surface area contributed by atoms with Gasteiger partial charge in [0.25, 0.3) is 0 Å². The molecule has 3 heteroatoms. The van der Waals surface area contributed by atoms with Gasteiger partial charge in [-0.3, -0.25) is 4.79 Å². The quantitative estimate of drug-likeness (QED) is 0.534. The lowest BCUT2D eigenvalue weighted by Crippen LogP contribution is -2.37. The van der Waals surface area contributed by atoms with E-state index in [9.17, 15) is 4.79 Å². The summed E-state index contributed by atoms with van der Waals surface area (Å²) >= 11 is 3.34. The topological polar surface area (TPSA) is 29.1 Å². The van der Waals surface area contributed by atoms with Crippen LogP contribution in [0.2, 0.25) is 0 Å². The summed E-state index contributed by atoms with van der Waals surface area (Å²) < 4.78 is -0.440. The number of amides is 1. The van der Waals surface area contributed by atoms with E-state index in [0.717, 1.165) is 18.9 Å². The standard InChI is InChI=1S/C13H26BrNO/c1-11(2)9-7-5-6-8-10-15-12(16)13(3,4)14/h11H,5-10H2,1-4H3,(H,15,16). The SMILES string of the molecule is CC(C)CCCCCCNC(=O)C(C)(C)Br. The van der Waals surface area contributed by atoms with Crippen molar-refractivity contribution in [2.45, 2.75) is 64.1 Å². The van der Waals surface area contributed by atoms with Gasteiger partial charge in [0.2, 0.25) is 5.91 Å². The highest BCUT2D eigenvalue weighted by Crippen LogP contribution is 2.15. The first-order valence-corrected chi connectivity index (χ1v) is 7.10. The monoisotopic (exact) mass is 291 g/mol. The molecule has 0 aromatic carbocycles. The molecule has 0 aliphatic rings. The van der Waals surface area contributed by atoms with Crippen LogP contribution in [0.4, 0.5) is 0 Å². The van der Waals surface area contributed by atoms with E-state index >= 15 is 0 Å². The first kappa shape index (κ1) is 16.0. The summed E-state index contributed by atoms with van der Waals surface area (Å²) in [6.45, 7) is 9.06. The molecule has 0 heterocycles. The smallest absolute Gasteiger partial charge is 0.236 e. The molecule has 0 aromatic rings. The Balaban J connectivity index is 3.31. The average molecular weight is 292 g/mol. The fourth-order valence-electron chi connectivity index (χ4n) is 1.44. The van der Waals surface area contributed by atoms with E-state index in [2.05, 4.69) is 35.1 Å². The summed E-state index contributed by atoms with van der Waals surface area (Å²) in [6.07, 6.45) is 6.23. The second kappa shape index (κ2) is 8.10. The van der Waals surface area contributed by atoms with E-state index in [0.29, 0.717) is 0 Å². The van der Waals surface area contributed by atoms with Crippen LogP contribution in [-0.4, -0.2) is 16.8 Å². The Morgan fingerprint density at radius 3 is 2.25 bits per heavy atom. The summed E-state index contributed by atoms with van der Waals surface area (Å²) in [5.74, 6) is 0.892. The molecule has 16 heavy (non-hydrogen) atoms. The molecule has 96 valence electrons. The molecular formula is C13H26BrNO. The molecule has 0 fully saturated rings. The Labute approximate surface area is 109 Å². The molecule has 0 saturated carbocycles. The number of carbonyl (C=O) groups is 1. The van der Waals surface area contributed by atoms with Crippen molar-refractivity contribution in [3.8, 4) is 0 Å². The van der Waals surface area contributed by atoms with E-state index < -0.39 is 4.32 Å². The molecule has 1 amide bonds. The van der Waals surface area contributed by atoms with Gasteiger partial charge in [-0.25, -0.2) is 0 Å². The van der Waals surface area contributed by atoms with Gasteiger partial charge >= 0.3 is 0 Å². The minimum atomic E-state index is -0.440. The maximum absolute atomic E-state index is 11.5. The van der Waals surface area contributed by atoms with Crippen molar-refractivity contribution in [2.24, 2.45) is 5.92 Å². The van der Waals surface area contributed by atoms with E-state index in [-0.39, 0.29) is 5.91 Å². The largest absolute Gasteiger partial charge is 0.355 e. The zero-order chi connectivity index (χ0) is 12.6. The third-order valence-corrected chi connectivity index (χ3v) is 2.89. The second-order valence-electron chi connectivity index (χ2n) is 5.33. The third-order valence-electron chi connectivity index (χ3n) is 2.53. The molecule has 1 N–H and O–H groups in total. The highest BCUT2D eigenvalue weighted by Gasteiger charge is 2.22. The maximum atomic E-state index is 11.5. The predicted molar refractivity (Wildman–Crippen MR) is 73.9 cm³/mol. The fourth-order valence-corrected chi connectivity index (χ4v) is 1.58. The zero-order valence-corrected chi connectivity index (χ0v) is 12.7. The molecule has 0 saturated heterocycles. The Hall–Kier alpha value is -0.0500. The van der Waals surface area contributed by atoms with Crippen LogP contribution in [0.5, 0.6) is 0 Å². The van der Waals surface area contributed by atoms with Crippen molar-refractivity contribution in [3.05, 3.63) is 0 Å². The molecule has 0 rings (SSSR count). The first-order chi connectivity index (χ1) is 7.34. The summed E-state index contributed by atoms with van der Waals surface area (Å²) in [7, 11) is 0. The van der Waals surface area contributed by atoms with Gasteiger partial charge in [0, 0.05) is 6.54 Å². The van der Waals surface area contributed by atoms with Crippen molar-refractivity contribution in [2.75, 3.05) is 6.54 Å². The predicted octanol–water partition coefficient (Wildman–Crippen LogP) is 3.88. The lowest BCUT2D eigenvalue weighted by molar-refractivity contribution is -0.122. The second-order valence-corrected chi connectivity index (χ2v) is 7.31. The van der Waals surface area contributed by atoms with Crippen molar-refractivity contribution in [1.29, 1.82) is 0 Å². The molecular weight excluding hydrogens is 266 g/mol. The van der Waals surface area contributed by atoms with Crippen LogP contribution >= 0.6 is 15.9 Å². The van der Waals surface area contributed by atoms with E-state index in [1.807, 2.05) is 13.8 Å². The summed E-state index contributed by atoms with van der Waals surface area (Å²) in [5, 5.41) is 2.94. The Kier molecular flexibility index (Phi) is 8.08. The summed E-state index contributed by atoms with van der Waals surface area (Å²) in [6, 6.07) is 0. The highest BCUT2D eigenvalue weighted by molar-refractivity contribution is 9.10. The van der Waals surface area contributed by atoms with E-state index in [1.54, 1.807) is 0 Å². The van der Waals surface area contributed by atoms with Gasteiger partial charge in [0.05, 0.1) is 4.32 Å². The van der Waals surface area contributed by atoms with Crippen LogP contribution in [0, 0.1) is 5.92 Å². The number of nitrogens with one attached hydrogen (secondary N) is 1.